The van der Waals surface area contributed by atoms with Gasteiger partial charge < -0.3 is 34.8 Å². The van der Waals surface area contributed by atoms with Crippen molar-refractivity contribution >= 4 is 11.8 Å². The molecule has 4 N–H and O–H groups in total. The van der Waals surface area contributed by atoms with Gasteiger partial charge in [-0.3, -0.25) is 9.59 Å². The van der Waals surface area contributed by atoms with Crippen molar-refractivity contribution in [2.45, 2.75) is 212 Å². The van der Waals surface area contributed by atoms with Crippen LogP contribution in [0.1, 0.15) is 146 Å². The van der Waals surface area contributed by atoms with E-state index in [-0.39, 0.29) is 53.8 Å². The van der Waals surface area contributed by atoms with Crippen LogP contribution >= 0.6 is 0 Å². The van der Waals surface area contributed by atoms with Crippen LogP contribution in [0.15, 0.2) is 12.2 Å². The molecule has 0 radical (unpaired) electrons. The summed E-state index contributed by atoms with van der Waals surface area (Å²) in [6.07, 6.45) is 10.1. The Morgan fingerprint density at radius 2 is 1.56 bits per heavy atom. The highest BCUT2D eigenvalue weighted by atomic mass is 17.2. The average molecular weight is 778 g/mol. The van der Waals surface area contributed by atoms with Crippen LogP contribution in [0.25, 0.3) is 0 Å². The summed E-state index contributed by atoms with van der Waals surface area (Å²) >= 11 is 0. The van der Waals surface area contributed by atoms with Crippen LogP contribution in [-0.4, -0.2) is 92.8 Å². The number of hydrogen-bond donors (Lipinski definition) is 4. The van der Waals surface area contributed by atoms with Crippen molar-refractivity contribution in [3.8, 4) is 0 Å². The van der Waals surface area contributed by atoms with Gasteiger partial charge >= 0.3 is 5.97 Å². The van der Waals surface area contributed by atoms with Gasteiger partial charge in [0.25, 0.3) is 0 Å². The van der Waals surface area contributed by atoms with Gasteiger partial charge in [-0.15, -0.1) is 0 Å². The quantitative estimate of drug-likeness (QED) is 0.105. The number of aliphatic carboxylic acids is 1. The number of ketones is 1. The van der Waals surface area contributed by atoms with Crippen LogP contribution in [0, 0.1) is 41.4 Å². The lowest BCUT2D eigenvalue weighted by Gasteiger charge is -2.47. The number of ether oxygens (including phenoxy) is 3. The number of allylic oxidation sites excluding steroid dienone is 1. The molecule has 0 aromatic rings. The molecule has 5 aliphatic rings. The first-order valence-corrected chi connectivity index (χ1v) is 21.9. The fourth-order valence-electron chi connectivity index (χ4n) is 10.3. The Morgan fingerprint density at radius 3 is 2.16 bits per heavy atom. The van der Waals surface area contributed by atoms with E-state index < -0.39 is 59.0 Å². The summed E-state index contributed by atoms with van der Waals surface area (Å²) in [5, 5.41) is 36.6. The molecule has 11 heteroatoms. The highest BCUT2D eigenvalue weighted by Gasteiger charge is 2.59. The van der Waals surface area contributed by atoms with E-state index in [2.05, 4.69) is 45.2 Å². The highest BCUT2D eigenvalue weighted by molar-refractivity contribution is 5.84. The molecule has 1 spiro atoms. The van der Waals surface area contributed by atoms with Gasteiger partial charge in [-0.25, -0.2) is 4.89 Å². The minimum Gasteiger partial charge on any atom is -0.481 e. The lowest BCUT2D eigenvalue weighted by Crippen LogP contribution is -2.58. The van der Waals surface area contributed by atoms with Gasteiger partial charge in [0, 0.05) is 30.2 Å². The molecule has 4 heterocycles. The molecular formula is C44H75NO10. The maximum atomic E-state index is 14.6. The van der Waals surface area contributed by atoms with Gasteiger partial charge in [0.2, 0.25) is 5.79 Å². The molecule has 1 saturated carbocycles. The first kappa shape index (κ1) is 44.7. The van der Waals surface area contributed by atoms with Crippen LogP contribution in [0.3, 0.4) is 0 Å². The van der Waals surface area contributed by atoms with Gasteiger partial charge in [-0.2, -0.15) is 4.89 Å². The number of carboxylic acid groups (broad SMARTS) is 1. The number of hydrogen-bond acceptors (Lipinski definition) is 10. The number of aliphatic hydroxyl groups is 2. The zero-order valence-corrected chi connectivity index (χ0v) is 35.5. The van der Waals surface area contributed by atoms with Crippen LogP contribution in [-0.2, 0) is 33.6 Å². The Labute approximate surface area is 330 Å². The SMILES string of the molecule is CCC(C(=O)O)[C@H]1CC[C@H](C)C([C@@H](C)[C@H](O)[C@H](C)C(=O)[C@H](CC)[C@H]2OO[C@@]3(CC[C@@](C)([C@H]4CC[C@](O)(CC)[C@H](C)O4)O3)C(NC3CC3)/C=C\[C@H](C)C[C@@H]2C)O1. The maximum Gasteiger partial charge on any atom is 0.309 e. The zero-order valence-electron chi connectivity index (χ0n) is 35.5. The Morgan fingerprint density at radius 1 is 0.873 bits per heavy atom. The third-order valence-electron chi connectivity index (χ3n) is 14.6. The predicted molar refractivity (Wildman–Crippen MR) is 210 cm³/mol. The summed E-state index contributed by atoms with van der Waals surface area (Å²) in [5.41, 5.74) is -1.54. The predicted octanol–water partition coefficient (Wildman–Crippen LogP) is 7.15. The summed E-state index contributed by atoms with van der Waals surface area (Å²) in [7, 11) is 0. The largest absolute Gasteiger partial charge is 0.481 e. The Kier molecular flexibility index (Phi) is 14.8. The second-order valence-corrected chi connectivity index (χ2v) is 18.7. The molecule has 5 rings (SSSR count). The topological polar surface area (TPSA) is 153 Å². The minimum atomic E-state index is -1.17. The molecule has 316 valence electrons. The van der Waals surface area contributed by atoms with Crippen molar-refractivity contribution in [1.29, 1.82) is 0 Å². The molecule has 3 saturated heterocycles. The number of Topliss-reactive ketones (excluding diaryl/α,β-unsaturated/α-hetero) is 1. The van der Waals surface area contributed by atoms with Crippen molar-refractivity contribution < 1.29 is 48.9 Å². The summed E-state index contributed by atoms with van der Waals surface area (Å²) in [6.45, 7) is 20.0. The molecule has 55 heavy (non-hydrogen) atoms. The first-order chi connectivity index (χ1) is 25.9. The van der Waals surface area contributed by atoms with Crippen molar-refractivity contribution in [2.24, 2.45) is 41.4 Å². The lowest BCUT2D eigenvalue weighted by atomic mass is 9.74. The third kappa shape index (κ3) is 9.72. The summed E-state index contributed by atoms with van der Waals surface area (Å²) < 4.78 is 20.1. The van der Waals surface area contributed by atoms with Gasteiger partial charge in [-0.1, -0.05) is 67.5 Å². The van der Waals surface area contributed by atoms with Crippen molar-refractivity contribution in [3.05, 3.63) is 12.2 Å². The van der Waals surface area contributed by atoms with Gasteiger partial charge in [0.1, 0.15) is 11.9 Å². The summed E-state index contributed by atoms with van der Waals surface area (Å²) in [5.74, 6) is -4.09. The van der Waals surface area contributed by atoms with E-state index in [0.29, 0.717) is 57.4 Å². The number of nitrogens with one attached hydrogen (secondary N) is 1. The Bertz CT molecular complexity index is 1330. The summed E-state index contributed by atoms with van der Waals surface area (Å²) in [6, 6.07) is 0.0699. The summed E-state index contributed by atoms with van der Waals surface area (Å²) in [4.78, 5) is 39.9. The van der Waals surface area contributed by atoms with Crippen LogP contribution in [0.2, 0.25) is 0 Å². The average Bonchev–Trinajstić information content (AvgIpc) is 3.91. The normalized spacial score (nSPS) is 43.6. The van der Waals surface area contributed by atoms with Crippen LogP contribution in [0.4, 0.5) is 0 Å². The molecule has 4 aliphatic heterocycles. The molecule has 0 aromatic heterocycles. The van der Waals surface area contributed by atoms with E-state index >= 15 is 0 Å². The Hall–Kier alpha value is -1.44. The van der Waals surface area contributed by atoms with Crippen LogP contribution in [0.5, 0.6) is 0 Å². The number of carboxylic acids is 1. The van der Waals surface area contributed by atoms with E-state index in [1.807, 2.05) is 34.6 Å². The molecule has 11 nitrogen and oxygen atoms in total. The van der Waals surface area contributed by atoms with E-state index in [1.165, 1.54) is 0 Å². The van der Waals surface area contributed by atoms with Gasteiger partial charge in [0.15, 0.2) is 0 Å². The molecular weight excluding hydrogens is 702 g/mol. The van der Waals surface area contributed by atoms with Crippen LogP contribution < -0.4 is 5.32 Å². The fourth-order valence-corrected chi connectivity index (χ4v) is 10.3. The Balaban J connectivity index is 1.36. The van der Waals surface area contributed by atoms with E-state index in [9.17, 15) is 24.9 Å². The molecule has 1 aliphatic carbocycles. The van der Waals surface area contributed by atoms with Gasteiger partial charge in [-0.05, 0) is 102 Å². The van der Waals surface area contributed by atoms with Gasteiger partial charge in [0.05, 0.1) is 53.7 Å². The standard InChI is InChI=1S/C44H75NO10/c1-11-32(41(48)49)34-18-15-26(5)39(52-34)29(8)37(46)28(7)38(47)33(12-2)40-27(6)24-25(4)14-19-35(45-31-16-17-31)44(55-53-40)23-22-42(10,54-44)36-20-21-43(50,13-3)30(9)51-36/h14,19,25-37,39-40,45-46,50H,11-13,15-18,20-24H2,1-10H3,(H,48,49)/b19-14-/t25-,26-,27-,28-,29-,30-,32?,33-,34+,35?,36+,37+,39?,40-,42-,43+,44-/m0/s1. The number of aliphatic hydroxyl groups excluding tert-OH is 1. The van der Waals surface area contributed by atoms with Crippen molar-refractivity contribution in [3.63, 3.8) is 0 Å². The molecule has 17 atom stereocenters. The van der Waals surface area contributed by atoms with E-state index in [1.54, 1.807) is 6.92 Å². The van der Waals surface area contributed by atoms with Crippen molar-refractivity contribution in [1.82, 2.24) is 5.32 Å². The second-order valence-electron chi connectivity index (χ2n) is 18.7. The molecule has 0 aromatic carbocycles. The van der Waals surface area contributed by atoms with Crippen molar-refractivity contribution in [2.75, 3.05) is 0 Å². The zero-order chi connectivity index (χ0) is 40.5. The van der Waals surface area contributed by atoms with E-state index in [4.69, 9.17) is 24.0 Å². The smallest absolute Gasteiger partial charge is 0.309 e. The lowest BCUT2D eigenvalue weighted by molar-refractivity contribution is -0.460. The molecule has 0 amide bonds. The second kappa shape index (κ2) is 18.2. The number of carbonyl (C=O) groups excluding carboxylic acids is 1. The third-order valence-corrected chi connectivity index (χ3v) is 14.6. The fraction of sp³-hybridized carbons (Fsp3) is 0.909. The monoisotopic (exact) mass is 778 g/mol. The molecule has 0 bridgehead atoms. The molecule has 3 unspecified atom stereocenters. The molecule has 4 fully saturated rings. The van der Waals surface area contributed by atoms with E-state index in [0.717, 1.165) is 25.7 Å². The number of carbonyl (C=O) groups is 2. The highest BCUT2D eigenvalue weighted by Crippen LogP contribution is 2.49. The minimum absolute atomic E-state index is 0.0493. The maximum absolute atomic E-state index is 14.6. The first-order valence-electron chi connectivity index (χ1n) is 21.9. The number of rotatable bonds is 14.